The normalized spacial score (nSPS) is 19.9. The Hall–Kier alpha value is 0.0969. The lowest BCUT2D eigenvalue weighted by molar-refractivity contribution is -0.162. The predicted molar refractivity (Wildman–Crippen MR) is 73.5 cm³/mol. The summed E-state index contributed by atoms with van der Waals surface area (Å²) in [5.41, 5.74) is -0.409. The Balaban J connectivity index is 2.17. The minimum Gasteiger partial charge on any atom is -0.345 e. The van der Waals surface area contributed by atoms with Crippen molar-refractivity contribution in [3.05, 3.63) is 0 Å². The Bertz CT molecular complexity index is 198. The minimum absolute atomic E-state index is 0.409. The molecule has 0 unspecified atom stereocenters. The Kier molecular flexibility index (Phi) is 7.35. The van der Waals surface area contributed by atoms with Crippen LogP contribution in [0.2, 0.25) is 12.1 Å². The van der Waals surface area contributed by atoms with Gasteiger partial charge in [0.1, 0.15) is 8.80 Å². The van der Waals surface area contributed by atoms with Crippen LogP contribution >= 0.6 is 0 Å². The van der Waals surface area contributed by atoms with Crippen molar-refractivity contribution in [1.82, 2.24) is 5.32 Å². The first kappa shape index (κ1) is 15.2. The molecule has 0 aliphatic carbocycles. The topological polar surface area (TPSA) is 30.5 Å². The summed E-state index contributed by atoms with van der Waals surface area (Å²) in [4.78, 5) is 0. The van der Waals surface area contributed by atoms with Gasteiger partial charge < -0.3 is 9.47 Å². The number of unbranched alkanes of at least 4 members (excludes halogenated alkanes) is 5. The molecule has 101 valence electrons. The molecular formula is C13H28NO2Si. The molecule has 0 aromatic carbocycles. The summed E-state index contributed by atoms with van der Waals surface area (Å²) in [5, 5.41) is 3.38. The van der Waals surface area contributed by atoms with E-state index in [1.165, 1.54) is 50.6 Å². The van der Waals surface area contributed by atoms with Crippen molar-refractivity contribution < 1.29 is 9.47 Å². The summed E-state index contributed by atoms with van der Waals surface area (Å²) >= 11 is 0. The van der Waals surface area contributed by atoms with Crippen LogP contribution in [0.4, 0.5) is 0 Å². The maximum Gasteiger partial charge on any atom is 0.202 e. The van der Waals surface area contributed by atoms with E-state index in [0.29, 0.717) is 0 Å². The lowest BCUT2D eigenvalue weighted by atomic mass is 10.1. The van der Waals surface area contributed by atoms with Crippen LogP contribution in [-0.4, -0.2) is 35.1 Å². The van der Waals surface area contributed by atoms with Crippen LogP contribution in [-0.2, 0) is 9.47 Å². The lowest BCUT2D eigenvalue weighted by Gasteiger charge is -2.31. The molecular weight excluding hydrogens is 230 g/mol. The van der Waals surface area contributed by atoms with Crippen molar-refractivity contribution in [2.75, 3.05) is 20.8 Å². The molecule has 0 atom stereocenters. The molecule has 0 saturated carbocycles. The van der Waals surface area contributed by atoms with Crippen LogP contribution in [0.15, 0.2) is 0 Å². The van der Waals surface area contributed by atoms with E-state index in [9.17, 15) is 0 Å². The monoisotopic (exact) mass is 258 g/mol. The number of hydrogen-bond donors (Lipinski definition) is 1. The van der Waals surface area contributed by atoms with Gasteiger partial charge in [0, 0.05) is 14.2 Å². The van der Waals surface area contributed by atoms with E-state index in [0.717, 1.165) is 6.54 Å². The largest absolute Gasteiger partial charge is 0.345 e. The van der Waals surface area contributed by atoms with Crippen molar-refractivity contribution in [3.63, 3.8) is 0 Å². The molecule has 1 heterocycles. The van der Waals surface area contributed by atoms with Crippen molar-refractivity contribution in [3.8, 4) is 0 Å². The average Bonchev–Trinajstić information content (AvgIpc) is 2.77. The summed E-state index contributed by atoms with van der Waals surface area (Å²) in [5.74, 6) is 0. The molecule has 4 heteroatoms. The molecule has 17 heavy (non-hydrogen) atoms. The third kappa shape index (κ3) is 4.36. The Morgan fingerprint density at radius 2 is 1.71 bits per heavy atom. The number of hydrogen-bond acceptors (Lipinski definition) is 3. The fourth-order valence-corrected chi connectivity index (χ4v) is 5.56. The van der Waals surface area contributed by atoms with Crippen LogP contribution in [0.5, 0.6) is 0 Å². The SMILES string of the molecule is CCCCCCCC[Si]1CCNC1(OC)OC. The first-order valence-corrected chi connectivity index (χ1v) is 8.91. The smallest absolute Gasteiger partial charge is 0.202 e. The Morgan fingerprint density at radius 1 is 1.06 bits per heavy atom. The zero-order valence-electron chi connectivity index (χ0n) is 11.7. The highest BCUT2D eigenvalue weighted by atomic mass is 28.3. The predicted octanol–water partition coefficient (Wildman–Crippen LogP) is 2.93. The summed E-state index contributed by atoms with van der Waals surface area (Å²) in [6.45, 7) is 3.31. The molecule has 0 bridgehead atoms. The molecule has 0 aromatic rings. The standard InChI is InChI=1S/C13H28NO2Si/c1-4-5-6-7-8-9-11-17-12-10-14-13(17,15-2)16-3/h14H,4-12H2,1-3H3. The highest BCUT2D eigenvalue weighted by molar-refractivity contribution is 6.62. The first-order chi connectivity index (χ1) is 8.29. The second kappa shape index (κ2) is 8.24. The molecule has 0 amide bonds. The fraction of sp³-hybridized carbons (Fsp3) is 1.00. The third-order valence-corrected chi connectivity index (χ3v) is 6.98. The van der Waals surface area contributed by atoms with Crippen LogP contribution in [0.25, 0.3) is 0 Å². The second-order valence-electron chi connectivity index (χ2n) is 4.82. The molecule has 1 aliphatic rings. The molecule has 1 fully saturated rings. The van der Waals surface area contributed by atoms with Gasteiger partial charge in [-0.1, -0.05) is 51.5 Å². The van der Waals surface area contributed by atoms with E-state index in [1.807, 2.05) is 0 Å². The van der Waals surface area contributed by atoms with Gasteiger partial charge in [-0.05, 0) is 12.6 Å². The van der Waals surface area contributed by atoms with Gasteiger partial charge in [-0.15, -0.1) is 0 Å². The summed E-state index contributed by atoms with van der Waals surface area (Å²) in [7, 11) is 2.96. The van der Waals surface area contributed by atoms with Crippen LogP contribution in [0.1, 0.15) is 45.4 Å². The number of methoxy groups -OCH3 is 2. The van der Waals surface area contributed by atoms with Gasteiger partial charge in [0.05, 0.1) is 0 Å². The highest BCUT2D eigenvalue weighted by Crippen LogP contribution is 2.26. The summed E-state index contributed by atoms with van der Waals surface area (Å²) < 4.78 is 11.1. The van der Waals surface area contributed by atoms with Crippen LogP contribution in [0, 0.1) is 0 Å². The van der Waals surface area contributed by atoms with Gasteiger partial charge in [0.25, 0.3) is 0 Å². The van der Waals surface area contributed by atoms with Gasteiger partial charge >= 0.3 is 0 Å². The van der Waals surface area contributed by atoms with E-state index in [-0.39, 0.29) is 0 Å². The quantitative estimate of drug-likeness (QED) is 0.392. The molecule has 0 spiro atoms. The zero-order valence-corrected chi connectivity index (χ0v) is 12.7. The highest BCUT2D eigenvalue weighted by Gasteiger charge is 2.44. The van der Waals surface area contributed by atoms with Crippen molar-refractivity contribution in [1.29, 1.82) is 0 Å². The number of nitrogens with one attached hydrogen (secondary N) is 1. The van der Waals surface area contributed by atoms with Crippen molar-refractivity contribution >= 4 is 8.80 Å². The summed E-state index contributed by atoms with van der Waals surface area (Å²) in [6, 6.07) is 2.58. The van der Waals surface area contributed by atoms with Crippen molar-refractivity contribution in [2.45, 2.75) is 63.1 Å². The van der Waals surface area contributed by atoms with Gasteiger partial charge in [0.2, 0.25) is 5.53 Å². The van der Waals surface area contributed by atoms with E-state index < -0.39 is 14.3 Å². The van der Waals surface area contributed by atoms with E-state index in [2.05, 4.69) is 12.2 Å². The molecule has 1 aliphatic heterocycles. The zero-order chi connectivity index (χ0) is 12.6. The molecule has 3 nitrogen and oxygen atoms in total. The van der Waals surface area contributed by atoms with Crippen LogP contribution in [0.3, 0.4) is 0 Å². The van der Waals surface area contributed by atoms with Gasteiger partial charge in [-0.25, -0.2) is 0 Å². The minimum atomic E-state index is -0.560. The fourth-order valence-electron chi connectivity index (χ4n) is 2.59. The molecule has 0 aromatic heterocycles. The van der Waals surface area contributed by atoms with Gasteiger partial charge in [-0.2, -0.15) is 0 Å². The molecule has 1 radical (unpaired) electrons. The maximum absolute atomic E-state index is 5.57. The van der Waals surface area contributed by atoms with Gasteiger partial charge in [0.15, 0.2) is 0 Å². The second-order valence-corrected chi connectivity index (χ2v) is 7.69. The third-order valence-electron chi connectivity index (χ3n) is 3.66. The summed E-state index contributed by atoms with van der Waals surface area (Å²) in [6.07, 6.45) is 8.22. The Labute approximate surface area is 108 Å². The van der Waals surface area contributed by atoms with Crippen molar-refractivity contribution in [2.24, 2.45) is 0 Å². The Morgan fingerprint density at radius 3 is 2.35 bits per heavy atom. The molecule has 1 rings (SSSR count). The first-order valence-electron chi connectivity index (χ1n) is 6.99. The van der Waals surface area contributed by atoms with E-state index >= 15 is 0 Å². The average molecular weight is 258 g/mol. The lowest BCUT2D eigenvalue weighted by Crippen LogP contribution is -2.53. The van der Waals surface area contributed by atoms with E-state index in [1.54, 1.807) is 14.2 Å². The molecule has 1 N–H and O–H groups in total. The van der Waals surface area contributed by atoms with Crippen LogP contribution < -0.4 is 5.32 Å². The van der Waals surface area contributed by atoms with E-state index in [4.69, 9.17) is 9.47 Å². The number of ether oxygens (including phenoxy) is 2. The number of rotatable bonds is 9. The maximum atomic E-state index is 5.57. The molecule has 1 saturated heterocycles. The van der Waals surface area contributed by atoms with Gasteiger partial charge in [-0.3, -0.25) is 5.32 Å².